The standard InChI is InChI=1S/C7H5NO3S.Cu.Se/c9-7-5-3-1-2-4-6(5)12(10,11)8-7;;/h1-4H,(H,8,9);;. The van der Waals surface area contributed by atoms with Gasteiger partial charge < -0.3 is 0 Å². The molecule has 1 N–H and O–H groups in total. The van der Waals surface area contributed by atoms with E-state index in [4.69, 9.17) is 0 Å². The number of carbonyl (C=O) groups excluding carboxylic acids is 1. The Morgan fingerprint density at radius 1 is 1.14 bits per heavy atom. The largest absolute Gasteiger partial charge is 0.268 e. The van der Waals surface area contributed by atoms with Crippen LogP contribution in [0.1, 0.15) is 10.4 Å². The van der Waals surface area contributed by atoms with Crippen molar-refractivity contribution in [3.8, 4) is 0 Å². The van der Waals surface area contributed by atoms with Crippen LogP contribution in [0.3, 0.4) is 0 Å². The molecular weight excluding hydrogens is 321 g/mol. The second kappa shape index (κ2) is 4.47. The van der Waals surface area contributed by atoms with E-state index in [1.807, 2.05) is 4.72 Å². The fraction of sp³-hybridized carbons (Fsp3) is 0. The van der Waals surface area contributed by atoms with Crippen molar-refractivity contribution in [3.05, 3.63) is 29.8 Å². The summed E-state index contributed by atoms with van der Waals surface area (Å²) < 4.78 is 24.2. The van der Waals surface area contributed by atoms with E-state index in [2.05, 4.69) is 0 Å². The normalized spacial score (nSPS) is 15.9. The number of benzene rings is 1. The van der Waals surface area contributed by atoms with Gasteiger partial charge >= 0.3 is 0 Å². The van der Waals surface area contributed by atoms with E-state index in [1.165, 1.54) is 12.1 Å². The molecule has 79 valence electrons. The maximum absolute atomic E-state index is 11.1. The van der Waals surface area contributed by atoms with Gasteiger partial charge in [-0.25, -0.2) is 13.1 Å². The van der Waals surface area contributed by atoms with Crippen LogP contribution in [0.25, 0.3) is 0 Å². The Labute approximate surface area is 102 Å². The molecule has 0 atom stereocenters. The zero-order valence-electron chi connectivity index (χ0n) is 6.65. The van der Waals surface area contributed by atoms with Crippen LogP contribution < -0.4 is 4.72 Å². The maximum Gasteiger partial charge on any atom is 0.266 e. The van der Waals surface area contributed by atoms with E-state index >= 15 is 0 Å². The first kappa shape index (κ1) is 13.7. The first-order valence-electron chi connectivity index (χ1n) is 3.27. The summed E-state index contributed by atoms with van der Waals surface area (Å²) in [6.45, 7) is 0. The SMILES string of the molecule is O=C1NS(=O)(=O)c2ccccc21.[Cu].[Se]. The number of hydrogen-bond donors (Lipinski definition) is 1. The van der Waals surface area contributed by atoms with Gasteiger partial charge in [-0.3, -0.25) is 4.79 Å². The summed E-state index contributed by atoms with van der Waals surface area (Å²) in [6.07, 6.45) is 0. The summed E-state index contributed by atoms with van der Waals surface area (Å²) >= 11 is 0. The molecule has 1 aliphatic rings. The molecule has 4 nitrogen and oxygen atoms in total. The van der Waals surface area contributed by atoms with Gasteiger partial charge in [0.05, 0.1) is 5.56 Å². The van der Waals surface area contributed by atoms with Crippen LogP contribution in [0.4, 0.5) is 0 Å². The van der Waals surface area contributed by atoms with E-state index in [-0.39, 0.29) is 44.6 Å². The fourth-order valence-corrected chi connectivity index (χ4v) is 2.29. The van der Waals surface area contributed by atoms with Gasteiger partial charge in [0.2, 0.25) is 0 Å². The number of hydrogen-bond acceptors (Lipinski definition) is 3. The molecular formula is C7H5CuNO3SSe. The van der Waals surface area contributed by atoms with Crippen molar-refractivity contribution in [1.82, 2.24) is 4.72 Å². The Kier molecular flexibility index (Phi) is 4.36. The molecule has 0 fully saturated rings. The molecule has 1 aliphatic heterocycles. The van der Waals surface area contributed by atoms with E-state index in [1.54, 1.807) is 12.1 Å². The Morgan fingerprint density at radius 2 is 1.71 bits per heavy atom. The van der Waals surface area contributed by atoms with Crippen LogP contribution in [0, 0.1) is 0 Å². The van der Waals surface area contributed by atoms with Crippen molar-refractivity contribution in [2.45, 2.75) is 4.90 Å². The number of nitrogens with one attached hydrogen (secondary N) is 1. The van der Waals surface area contributed by atoms with Crippen LogP contribution in [-0.2, 0) is 27.1 Å². The quantitative estimate of drug-likeness (QED) is 0.668. The average Bonchev–Trinajstić information content (AvgIpc) is 2.25. The number of rotatable bonds is 0. The molecule has 0 bridgehead atoms. The van der Waals surface area contributed by atoms with Crippen molar-refractivity contribution in [2.24, 2.45) is 0 Å². The smallest absolute Gasteiger partial charge is 0.266 e. The van der Waals surface area contributed by atoms with Crippen molar-refractivity contribution >= 4 is 33.0 Å². The molecule has 0 unspecified atom stereocenters. The van der Waals surface area contributed by atoms with Gasteiger partial charge in [-0.1, -0.05) is 12.1 Å². The summed E-state index contributed by atoms with van der Waals surface area (Å²) in [5.41, 5.74) is 0.220. The zero-order chi connectivity index (χ0) is 8.77. The average molecular weight is 326 g/mol. The number of amides is 1. The minimum Gasteiger partial charge on any atom is -0.268 e. The summed E-state index contributed by atoms with van der Waals surface area (Å²) in [5.74, 6) is -0.550. The predicted octanol–water partition coefficient (Wildman–Crippen LogP) is -0.265. The Balaban J connectivity index is 0.000000845. The van der Waals surface area contributed by atoms with Gasteiger partial charge in [-0.05, 0) is 12.1 Å². The van der Waals surface area contributed by atoms with Crippen LogP contribution >= 0.6 is 0 Å². The first-order valence-corrected chi connectivity index (χ1v) is 4.76. The zero-order valence-corrected chi connectivity index (χ0v) is 10.1. The summed E-state index contributed by atoms with van der Waals surface area (Å²) in [4.78, 5) is 11.1. The van der Waals surface area contributed by atoms with Crippen molar-refractivity contribution in [2.75, 3.05) is 0 Å². The molecule has 7 heteroatoms. The van der Waals surface area contributed by atoms with Gasteiger partial charge in [0.1, 0.15) is 4.90 Å². The third-order valence-electron chi connectivity index (χ3n) is 1.65. The monoisotopic (exact) mass is 326 g/mol. The number of carbonyl (C=O) groups is 1. The summed E-state index contributed by atoms with van der Waals surface area (Å²) in [5, 5.41) is 0. The Hall–Kier alpha value is -0.321. The Morgan fingerprint density at radius 3 is 2.29 bits per heavy atom. The second-order valence-corrected chi connectivity index (χ2v) is 4.08. The van der Waals surface area contributed by atoms with Gasteiger partial charge in [0, 0.05) is 34.1 Å². The molecule has 0 spiro atoms. The molecule has 1 aromatic carbocycles. The van der Waals surface area contributed by atoms with Crippen molar-refractivity contribution in [1.29, 1.82) is 0 Å². The van der Waals surface area contributed by atoms with Gasteiger partial charge in [0.25, 0.3) is 15.9 Å². The van der Waals surface area contributed by atoms with Crippen molar-refractivity contribution < 1.29 is 30.3 Å². The third kappa shape index (κ3) is 2.02. The fourth-order valence-electron chi connectivity index (χ4n) is 1.12. The van der Waals surface area contributed by atoms with E-state index in [9.17, 15) is 13.2 Å². The topological polar surface area (TPSA) is 63.2 Å². The van der Waals surface area contributed by atoms with Crippen LogP contribution in [0.2, 0.25) is 0 Å². The summed E-state index contributed by atoms with van der Waals surface area (Å²) in [7, 11) is -3.55. The first-order chi connectivity index (χ1) is 5.61. The molecule has 1 heterocycles. The molecule has 0 aromatic heterocycles. The molecule has 0 aliphatic carbocycles. The van der Waals surface area contributed by atoms with Crippen molar-refractivity contribution in [3.63, 3.8) is 0 Å². The van der Waals surface area contributed by atoms with Gasteiger partial charge in [0.15, 0.2) is 0 Å². The molecule has 2 rings (SSSR count). The molecule has 0 saturated carbocycles. The predicted molar refractivity (Wildman–Crippen MR) is 46.8 cm³/mol. The molecule has 14 heavy (non-hydrogen) atoms. The van der Waals surface area contributed by atoms with Crippen LogP contribution in [-0.4, -0.2) is 31.4 Å². The molecule has 0 saturated heterocycles. The summed E-state index contributed by atoms with van der Waals surface area (Å²) in [6, 6.07) is 6.09. The van der Waals surface area contributed by atoms with E-state index in [0.29, 0.717) is 0 Å². The minimum atomic E-state index is -3.55. The van der Waals surface area contributed by atoms with Crippen LogP contribution in [0.5, 0.6) is 0 Å². The number of sulfonamides is 1. The van der Waals surface area contributed by atoms with E-state index < -0.39 is 15.9 Å². The van der Waals surface area contributed by atoms with Crippen LogP contribution in [0.15, 0.2) is 29.2 Å². The molecule has 1 amide bonds. The maximum atomic E-state index is 11.1. The van der Waals surface area contributed by atoms with Gasteiger partial charge in [-0.2, -0.15) is 0 Å². The molecule has 1 aromatic rings. The van der Waals surface area contributed by atoms with Gasteiger partial charge in [-0.15, -0.1) is 0 Å². The van der Waals surface area contributed by atoms with E-state index in [0.717, 1.165) is 0 Å². The second-order valence-electron chi connectivity index (χ2n) is 2.43. The molecule has 3 radical (unpaired) electrons. The number of fused-ring (bicyclic) bond motifs is 1. The Bertz CT molecular complexity index is 460. The third-order valence-corrected chi connectivity index (χ3v) is 3.04. The minimum absolute atomic E-state index is 0.